The van der Waals surface area contributed by atoms with Crippen molar-refractivity contribution in [2.24, 2.45) is 5.92 Å². The summed E-state index contributed by atoms with van der Waals surface area (Å²) in [5, 5.41) is 27.9. The van der Waals surface area contributed by atoms with Gasteiger partial charge in [0.1, 0.15) is 0 Å². The highest BCUT2D eigenvalue weighted by atomic mass is 32.2. The van der Waals surface area contributed by atoms with Gasteiger partial charge < -0.3 is 10.2 Å². The molecule has 0 saturated carbocycles. The van der Waals surface area contributed by atoms with Crippen LogP contribution in [0.15, 0.2) is 0 Å². The summed E-state index contributed by atoms with van der Waals surface area (Å²) in [7, 11) is 0. The van der Waals surface area contributed by atoms with E-state index in [4.69, 9.17) is 10.4 Å². The number of rotatable bonds is 0. The summed E-state index contributed by atoms with van der Waals surface area (Å²) in [6, 6.07) is 1.77. The van der Waals surface area contributed by atoms with Crippen LogP contribution in [0.2, 0.25) is 0 Å². The van der Waals surface area contributed by atoms with E-state index in [2.05, 4.69) is 0 Å². The first-order valence-electron chi connectivity index (χ1n) is 2.57. The Hall–Kier alpha value is -0.240. The van der Waals surface area contributed by atoms with Crippen LogP contribution in [0, 0.1) is 17.2 Å². The number of aliphatic hydroxyl groups is 1. The van der Waals surface area contributed by atoms with E-state index in [1.165, 1.54) is 11.8 Å². The van der Waals surface area contributed by atoms with Gasteiger partial charge in [-0.3, -0.25) is 0 Å². The predicted molar refractivity (Wildman–Crippen MR) is 31.4 cm³/mol. The van der Waals surface area contributed by atoms with E-state index in [0.717, 1.165) is 0 Å². The summed E-state index contributed by atoms with van der Waals surface area (Å²) in [4.78, 5) is 0. The fraction of sp³-hybridized carbons (Fsp3) is 0.800. The summed E-state index contributed by atoms with van der Waals surface area (Å²) in [6.45, 7) is 0. The molecule has 1 aliphatic rings. The minimum atomic E-state index is -1.99. The molecule has 0 aromatic carbocycles. The molecule has 1 fully saturated rings. The topological polar surface area (TPSA) is 67.1 Å². The molecule has 1 heterocycles. The summed E-state index contributed by atoms with van der Waals surface area (Å²) >= 11 is 1.33. The largest absolute Gasteiger partial charge is 0.827 e. The first-order chi connectivity index (χ1) is 4.17. The molecular weight excluding hydrogens is 138 g/mol. The second-order valence-electron chi connectivity index (χ2n) is 2.04. The Labute approximate surface area is 57.3 Å². The molecule has 9 heavy (non-hydrogen) atoms. The highest BCUT2D eigenvalue weighted by Gasteiger charge is 2.31. The zero-order chi connectivity index (χ0) is 6.91. The number of hydrogen-bond acceptors (Lipinski definition) is 4. The van der Waals surface area contributed by atoms with Crippen LogP contribution in [0.3, 0.4) is 0 Å². The molecule has 0 bridgehead atoms. The van der Waals surface area contributed by atoms with E-state index in [9.17, 15) is 5.11 Å². The van der Waals surface area contributed by atoms with Gasteiger partial charge in [-0.05, 0) is 0 Å². The van der Waals surface area contributed by atoms with Crippen molar-refractivity contribution < 1.29 is 10.2 Å². The zero-order valence-electron chi connectivity index (χ0n) is 4.70. The summed E-state index contributed by atoms with van der Waals surface area (Å²) in [5.74, 6) is -2.09. The lowest BCUT2D eigenvalue weighted by molar-refractivity contribution is -0.545. The van der Waals surface area contributed by atoms with E-state index in [-0.39, 0.29) is 5.75 Å². The lowest BCUT2D eigenvalue weighted by Gasteiger charge is -2.30. The molecular formula is C5H6NO2S-. The maximum Gasteiger partial charge on any atom is 0.0699 e. The lowest BCUT2D eigenvalue weighted by Crippen LogP contribution is -2.49. The lowest BCUT2D eigenvalue weighted by atomic mass is 10.1. The highest BCUT2D eigenvalue weighted by Crippen LogP contribution is 2.28. The molecule has 50 valence electrons. The van der Waals surface area contributed by atoms with Gasteiger partial charge in [0.15, 0.2) is 0 Å². The van der Waals surface area contributed by atoms with E-state index in [1.807, 2.05) is 0 Å². The van der Waals surface area contributed by atoms with E-state index < -0.39 is 11.7 Å². The Morgan fingerprint density at radius 1 is 1.89 bits per heavy atom. The van der Waals surface area contributed by atoms with Gasteiger partial charge in [-0.15, -0.1) is 0 Å². The molecule has 4 heteroatoms. The van der Waals surface area contributed by atoms with Gasteiger partial charge in [0.25, 0.3) is 0 Å². The Kier molecular flexibility index (Phi) is 1.66. The number of nitriles is 1. The van der Waals surface area contributed by atoms with Crippen molar-refractivity contribution in [2.75, 3.05) is 11.5 Å². The second kappa shape index (κ2) is 2.18. The van der Waals surface area contributed by atoms with Crippen LogP contribution in [0.5, 0.6) is 0 Å². The Morgan fingerprint density at radius 2 is 2.56 bits per heavy atom. The second-order valence-corrected chi connectivity index (χ2v) is 3.07. The van der Waals surface area contributed by atoms with Crippen LogP contribution in [0.4, 0.5) is 0 Å². The van der Waals surface area contributed by atoms with E-state index in [1.54, 1.807) is 6.07 Å². The van der Waals surface area contributed by atoms with Crippen molar-refractivity contribution in [3.05, 3.63) is 0 Å². The number of hydrogen-bond donors (Lipinski definition) is 1. The first-order valence-corrected chi connectivity index (χ1v) is 3.72. The van der Waals surface area contributed by atoms with Crippen molar-refractivity contribution >= 4 is 11.8 Å². The third-order valence-corrected chi connectivity index (χ3v) is 2.48. The molecule has 3 nitrogen and oxygen atoms in total. The Balaban J connectivity index is 2.65. The molecule has 1 aliphatic heterocycles. The molecule has 1 rings (SSSR count). The zero-order valence-corrected chi connectivity index (χ0v) is 5.52. The number of thioether (sulfide) groups is 1. The van der Waals surface area contributed by atoms with E-state index in [0.29, 0.717) is 5.75 Å². The standard InChI is InChI=1S/C5H6NO2S/c6-1-4-2-9-3-5(4,7)8/h4,7H,2-3H2/q-1. The van der Waals surface area contributed by atoms with Crippen LogP contribution < -0.4 is 5.11 Å². The molecule has 0 aromatic rings. The molecule has 1 N–H and O–H groups in total. The molecule has 0 spiro atoms. The number of nitrogens with zero attached hydrogens (tertiary/aromatic N) is 1. The maximum atomic E-state index is 10.8. The van der Waals surface area contributed by atoms with Crippen molar-refractivity contribution in [2.45, 2.75) is 5.79 Å². The third kappa shape index (κ3) is 1.18. The Bertz CT molecular complexity index is 152. The van der Waals surface area contributed by atoms with Crippen LogP contribution in [0.25, 0.3) is 0 Å². The van der Waals surface area contributed by atoms with Crippen LogP contribution in [-0.4, -0.2) is 22.4 Å². The first kappa shape index (κ1) is 6.87. The van der Waals surface area contributed by atoms with Gasteiger partial charge in [-0.2, -0.15) is 17.0 Å². The smallest absolute Gasteiger partial charge is 0.0699 e. The monoisotopic (exact) mass is 144 g/mol. The average Bonchev–Trinajstić information content (AvgIpc) is 2.08. The minimum Gasteiger partial charge on any atom is -0.827 e. The van der Waals surface area contributed by atoms with Gasteiger partial charge in [0.05, 0.1) is 12.0 Å². The van der Waals surface area contributed by atoms with Crippen molar-refractivity contribution in [3.63, 3.8) is 0 Å². The van der Waals surface area contributed by atoms with Gasteiger partial charge >= 0.3 is 0 Å². The summed E-state index contributed by atoms with van der Waals surface area (Å²) in [5.41, 5.74) is 0. The van der Waals surface area contributed by atoms with Gasteiger partial charge in [-0.1, -0.05) is 0 Å². The highest BCUT2D eigenvalue weighted by molar-refractivity contribution is 7.99. The van der Waals surface area contributed by atoms with Gasteiger partial charge in [-0.25, -0.2) is 0 Å². The normalized spacial score (nSPS) is 42.6. The van der Waals surface area contributed by atoms with Crippen LogP contribution >= 0.6 is 11.8 Å². The van der Waals surface area contributed by atoms with E-state index >= 15 is 0 Å². The van der Waals surface area contributed by atoms with Crippen LogP contribution in [0.1, 0.15) is 0 Å². The van der Waals surface area contributed by atoms with Crippen molar-refractivity contribution in [1.82, 2.24) is 0 Å². The Morgan fingerprint density at radius 3 is 2.78 bits per heavy atom. The minimum absolute atomic E-state index is 0.144. The van der Waals surface area contributed by atoms with Crippen molar-refractivity contribution in [1.29, 1.82) is 5.26 Å². The summed E-state index contributed by atoms with van der Waals surface area (Å²) < 4.78 is 0. The molecule has 0 aromatic heterocycles. The summed E-state index contributed by atoms with van der Waals surface area (Å²) in [6.07, 6.45) is 0. The van der Waals surface area contributed by atoms with Crippen LogP contribution in [-0.2, 0) is 0 Å². The molecule has 2 unspecified atom stereocenters. The SMILES string of the molecule is N#CC1CSCC1([O-])O. The predicted octanol–water partition coefficient (Wildman–Crippen LogP) is -1.08. The average molecular weight is 144 g/mol. The molecule has 0 aliphatic carbocycles. The fourth-order valence-electron chi connectivity index (χ4n) is 0.692. The van der Waals surface area contributed by atoms with Gasteiger partial charge in [0, 0.05) is 17.3 Å². The van der Waals surface area contributed by atoms with Crippen molar-refractivity contribution in [3.8, 4) is 6.07 Å². The molecule has 0 radical (unpaired) electrons. The molecule has 2 atom stereocenters. The quantitative estimate of drug-likeness (QED) is 0.439. The maximum absolute atomic E-state index is 10.8. The molecule has 0 amide bonds. The third-order valence-electron chi connectivity index (χ3n) is 1.29. The fourth-order valence-corrected chi connectivity index (χ4v) is 1.87. The molecule has 1 saturated heterocycles. The van der Waals surface area contributed by atoms with Gasteiger partial charge in [0.2, 0.25) is 0 Å².